The van der Waals surface area contributed by atoms with Gasteiger partial charge in [0.25, 0.3) is 5.91 Å². The number of furan rings is 1. The molecule has 0 spiro atoms. The molecule has 110 valence electrons. The summed E-state index contributed by atoms with van der Waals surface area (Å²) in [6.07, 6.45) is -0.129. The number of carboxylic acid groups (broad SMARTS) is 1. The second-order valence-corrected chi connectivity index (χ2v) is 4.27. The number of nitrogens with one attached hydrogen (secondary N) is 1. The van der Waals surface area contributed by atoms with Crippen molar-refractivity contribution >= 4 is 11.9 Å². The molecule has 2 N–H and O–H groups in total. The SMILES string of the molecule is O=C(O)CCNC(=O)c1ccc(COc2ccccc2)o1. The number of aliphatic carboxylic acids is 1. The van der Waals surface area contributed by atoms with Gasteiger partial charge in [-0.1, -0.05) is 18.2 Å². The van der Waals surface area contributed by atoms with Crippen LogP contribution >= 0.6 is 0 Å². The maximum atomic E-state index is 11.7. The van der Waals surface area contributed by atoms with Gasteiger partial charge in [-0.25, -0.2) is 0 Å². The van der Waals surface area contributed by atoms with Crippen LogP contribution in [0.3, 0.4) is 0 Å². The fraction of sp³-hybridized carbons (Fsp3) is 0.200. The number of amides is 1. The maximum absolute atomic E-state index is 11.7. The van der Waals surface area contributed by atoms with Crippen LogP contribution in [0.4, 0.5) is 0 Å². The molecule has 0 saturated heterocycles. The van der Waals surface area contributed by atoms with Gasteiger partial charge in [0.2, 0.25) is 0 Å². The highest BCUT2D eigenvalue weighted by Gasteiger charge is 2.11. The van der Waals surface area contributed by atoms with Gasteiger partial charge in [0.15, 0.2) is 5.76 Å². The first-order valence-corrected chi connectivity index (χ1v) is 6.41. The van der Waals surface area contributed by atoms with Gasteiger partial charge in [0, 0.05) is 6.54 Å². The molecule has 6 heteroatoms. The van der Waals surface area contributed by atoms with Gasteiger partial charge in [0.05, 0.1) is 6.42 Å². The summed E-state index contributed by atoms with van der Waals surface area (Å²) in [7, 11) is 0. The molecule has 0 bridgehead atoms. The van der Waals surface area contributed by atoms with Gasteiger partial charge in [0.1, 0.15) is 18.1 Å². The molecule has 1 aromatic heterocycles. The van der Waals surface area contributed by atoms with Crippen LogP contribution in [0.5, 0.6) is 5.75 Å². The fourth-order valence-corrected chi connectivity index (χ4v) is 1.62. The van der Waals surface area contributed by atoms with E-state index in [9.17, 15) is 9.59 Å². The predicted octanol–water partition coefficient (Wildman–Crippen LogP) is 2.06. The largest absolute Gasteiger partial charge is 0.486 e. The normalized spacial score (nSPS) is 10.1. The fourth-order valence-electron chi connectivity index (χ4n) is 1.62. The zero-order valence-corrected chi connectivity index (χ0v) is 11.2. The summed E-state index contributed by atoms with van der Waals surface area (Å²) in [5, 5.41) is 11.0. The number of carbonyl (C=O) groups excluding carboxylic acids is 1. The third kappa shape index (κ3) is 4.68. The lowest BCUT2D eigenvalue weighted by Crippen LogP contribution is -2.25. The van der Waals surface area contributed by atoms with Gasteiger partial charge < -0.3 is 19.6 Å². The molecule has 1 heterocycles. The molecule has 0 saturated carbocycles. The lowest BCUT2D eigenvalue weighted by Gasteiger charge is -2.03. The molecule has 6 nitrogen and oxygen atoms in total. The second kappa shape index (κ2) is 7.14. The number of hydrogen-bond donors (Lipinski definition) is 2. The van der Waals surface area contributed by atoms with Crippen molar-refractivity contribution < 1.29 is 23.8 Å². The molecule has 0 aliphatic carbocycles. The van der Waals surface area contributed by atoms with E-state index in [0.29, 0.717) is 11.5 Å². The Kier molecular flexibility index (Phi) is 4.98. The first kappa shape index (κ1) is 14.6. The highest BCUT2D eigenvalue weighted by atomic mass is 16.5. The molecular weight excluding hydrogens is 274 g/mol. The van der Waals surface area contributed by atoms with E-state index in [2.05, 4.69) is 5.32 Å². The van der Waals surface area contributed by atoms with Crippen LogP contribution in [-0.2, 0) is 11.4 Å². The molecule has 0 unspecified atom stereocenters. The Morgan fingerprint density at radius 2 is 1.90 bits per heavy atom. The predicted molar refractivity (Wildman–Crippen MR) is 74.1 cm³/mol. The van der Waals surface area contributed by atoms with Crippen LogP contribution in [-0.4, -0.2) is 23.5 Å². The van der Waals surface area contributed by atoms with Crippen molar-refractivity contribution in [3.63, 3.8) is 0 Å². The van der Waals surface area contributed by atoms with Crippen LogP contribution in [0.2, 0.25) is 0 Å². The lowest BCUT2D eigenvalue weighted by atomic mass is 10.3. The van der Waals surface area contributed by atoms with Gasteiger partial charge in [-0.2, -0.15) is 0 Å². The minimum Gasteiger partial charge on any atom is -0.486 e. The Bertz CT molecular complexity index is 606. The highest BCUT2D eigenvalue weighted by molar-refractivity contribution is 5.91. The summed E-state index contributed by atoms with van der Waals surface area (Å²) >= 11 is 0. The van der Waals surface area contributed by atoms with Gasteiger partial charge in [-0.05, 0) is 24.3 Å². The molecule has 1 aromatic carbocycles. The van der Waals surface area contributed by atoms with E-state index in [1.807, 2.05) is 30.3 Å². The monoisotopic (exact) mass is 289 g/mol. The average molecular weight is 289 g/mol. The Labute approximate surface area is 121 Å². The number of benzene rings is 1. The molecule has 1 amide bonds. The Hall–Kier alpha value is -2.76. The quantitative estimate of drug-likeness (QED) is 0.814. The van der Waals surface area contributed by atoms with Gasteiger partial charge in [-0.15, -0.1) is 0 Å². The van der Waals surface area contributed by atoms with Crippen LogP contribution < -0.4 is 10.1 Å². The average Bonchev–Trinajstić information content (AvgIpc) is 2.95. The number of ether oxygens (including phenoxy) is 1. The van der Waals surface area contributed by atoms with E-state index in [4.69, 9.17) is 14.3 Å². The first-order chi connectivity index (χ1) is 10.1. The molecule has 0 aliphatic rings. The van der Waals surface area contributed by atoms with Crippen molar-refractivity contribution in [1.82, 2.24) is 5.32 Å². The zero-order chi connectivity index (χ0) is 15.1. The molecule has 0 radical (unpaired) electrons. The smallest absolute Gasteiger partial charge is 0.305 e. The summed E-state index contributed by atoms with van der Waals surface area (Å²) in [5.41, 5.74) is 0. The number of para-hydroxylation sites is 1. The molecule has 2 aromatic rings. The van der Waals surface area contributed by atoms with Crippen molar-refractivity contribution in [2.24, 2.45) is 0 Å². The molecule has 2 rings (SSSR count). The van der Waals surface area contributed by atoms with E-state index >= 15 is 0 Å². The highest BCUT2D eigenvalue weighted by Crippen LogP contribution is 2.13. The first-order valence-electron chi connectivity index (χ1n) is 6.41. The number of carboxylic acids is 1. The second-order valence-electron chi connectivity index (χ2n) is 4.27. The van der Waals surface area contributed by atoms with E-state index in [1.165, 1.54) is 6.07 Å². The van der Waals surface area contributed by atoms with Crippen LogP contribution in [0.25, 0.3) is 0 Å². The summed E-state index contributed by atoms with van der Waals surface area (Å²) in [6, 6.07) is 12.4. The summed E-state index contributed by atoms with van der Waals surface area (Å²) < 4.78 is 10.8. The molecule has 0 aliphatic heterocycles. The summed E-state index contributed by atoms with van der Waals surface area (Å²) in [5.74, 6) is -0.0513. The van der Waals surface area contributed by atoms with Crippen LogP contribution in [0.1, 0.15) is 22.7 Å². The Balaban J connectivity index is 1.83. The third-order valence-electron chi connectivity index (χ3n) is 2.63. The third-order valence-corrected chi connectivity index (χ3v) is 2.63. The van der Waals surface area contributed by atoms with Crippen LogP contribution in [0, 0.1) is 0 Å². The Morgan fingerprint density at radius 3 is 2.62 bits per heavy atom. The molecule has 0 atom stereocenters. The summed E-state index contributed by atoms with van der Waals surface area (Å²) in [6.45, 7) is 0.275. The standard InChI is InChI=1S/C15H15NO5/c17-14(18)8-9-16-15(19)13-7-6-12(21-13)10-20-11-4-2-1-3-5-11/h1-7H,8-10H2,(H,16,19)(H,17,18). The lowest BCUT2D eigenvalue weighted by molar-refractivity contribution is -0.136. The van der Waals surface area contributed by atoms with E-state index in [-0.39, 0.29) is 25.3 Å². The zero-order valence-electron chi connectivity index (χ0n) is 11.2. The number of hydrogen-bond acceptors (Lipinski definition) is 4. The van der Waals surface area contributed by atoms with Crippen molar-refractivity contribution in [2.45, 2.75) is 13.0 Å². The maximum Gasteiger partial charge on any atom is 0.305 e. The van der Waals surface area contributed by atoms with E-state index < -0.39 is 11.9 Å². The Morgan fingerprint density at radius 1 is 1.14 bits per heavy atom. The number of carbonyl (C=O) groups is 2. The van der Waals surface area contributed by atoms with Gasteiger partial charge in [-0.3, -0.25) is 9.59 Å². The minimum absolute atomic E-state index is 0.0602. The van der Waals surface area contributed by atoms with Crippen molar-refractivity contribution in [3.05, 3.63) is 54.0 Å². The molecular formula is C15H15NO5. The van der Waals surface area contributed by atoms with E-state index in [0.717, 1.165) is 0 Å². The minimum atomic E-state index is -0.966. The number of rotatable bonds is 7. The topological polar surface area (TPSA) is 88.8 Å². The van der Waals surface area contributed by atoms with Crippen molar-refractivity contribution in [3.8, 4) is 5.75 Å². The van der Waals surface area contributed by atoms with Crippen molar-refractivity contribution in [2.75, 3.05) is 6.54 Å². The van der Waals surface area contributed by atoms with Crippen LogP contribution in [0.15, 0.2) is 46.9 Å². The molecule has 21 heavy (non-hydrogen) atoms. The van der Waals surface area contributed by atoms with Crippen molar-refractivity contribution in [1.29, 1.82) is 0 Å². The molecule has 0 fully saturated rings. The van der Waals surface area contributed by atoms with E-state index in [1.54, 1.807) is 6.07 Å². The van der Waals surface area contributed by atoms with Gasteiger partial charge >= 0.3 is 5.97 Å². The summed E-state index contributed by atoms with van der Waals surface area (Å²) in [4.78, 5) is 22.0.